The third kappa shape index (κ3) is 2.54. The number of hydrogen-bond acceptors (Lipinski definition) is 1. The molecule has 1 N–H and O–H groups in total. The molecule has 1 saturated heterocycles. The smallest absolute Gasteiger partial charge is 0.355 e. The van der Waals surface area contributed by atoms with Gasteiger partial charge in [0.1, 0.15) is 0 Å². The van der Waals surface area contributed by atoms with Crippen LogP contribution in [0, 0.1) is 0 Å². The summed E-state index contributed by atoms with van der Waals surface area (Å²) in [6, 6.07) is 3.78. The zero-order valence-corrected chi connectivity index (χ0v) is 9.40. The van der Waals surface area contributed by atoms with Crippen molar-refractivity contribution in [3.63, 3.8) is 0 Å². The lowest BCUT2D eigenvalue weighted by Gasteiger charge is -2.13. The lowest BCUT2D eigenvalue weighted by molar-refractivity contribution is -0.137. The van der Waals surface area contributed by atoms with Crippen molar-refractivity contribution in [2.24, 2.45) is 0 Å². The maximum absolute atomic E-state index is 12.6. The SMILES string of the molecule is O=C1CC(c2ccc(Cl)c(C(F)(F)F)c2)CN1. The van der Waals surface area contributed by atoms with Gasteiger partial charge in [-0.2, -0.15) is 13.2 Å². The molecular formula is C11H9ClF3NO. The van der Waals surface area contributed by atoms with Crippen molar-refractivity contribution in [3.8, 4) is 0 Å². The van der Waals surface area contributed by atoms with E-state index in [1.165, 1.54) is 12.1 Å². The summed E-state index contributed by atoms with van der Waals surface area (Å²) in [5.41, 5.74) is -0.365. The Morgan fingerprint density at radius 1 is 1.35 bits per heavy atom. The molecular weight excluding hydrogens is 255 g/mol. The highest BCUT2D eigenvalue weighted by Gasteiger charge is 2.34. The van der Waals surface area contributed by atoms with Crippen LogP contribution in [0.15, 0.2) is 18.2 Å². The van der Waals surface area contributed by atoms with Crippen molar-refractivity contribution in [3.05, 3.63) is 34.3 Å². The van der Waals surface area contributed by atoms with Gasteiger partial charge in [-0.05, 0) is 17.7 Å². The van der Waals surface area contributed by atoms with Gasteiger partial charge in [-0.25, -0.2) is 0 Å². The summed E-state index contributed by atoms with van der Waals surface area (Å²) in [6.07, 6.45) is -4.25. The van der Waals surface area contributed by atoms with E-state index in [2.05, 4.69) is 5.32 Å². The van der Waals surface area contributed by atoms with Gasteiger partial charge in [-0.1, -0.05) is 17.7 Å². The molecule has 0 aromatic heterocycles. The first-order chi connectivity index (χ1) is 7.88. The van der Waals surface area contributed by atoms with Crippen LogP contribution >= 0.6 is 11.6 Å². The number of halogens is 4. The standard InChI is InChI=1S/C11H9ClF3NO/c12-9-2-1-6(3-8(9)11(13,14)15)7-4-10(17)16-5-7/h1-3,7H,4-5H2,(H,16,17). The molecule has 92 valence electrons. The van der Waals surface area contributed by atoms with E-state index >= 15 is 0 Å². The Bertz CT molecular complexity index is 459. The first-order valence-electron chi connectivity index (χ1n) is 5.01. The summed E-state index contributed by atoms with van der Waals surface area (Å²) >= 11 is 5.51. The van der Waals surface area contributed by atoms with E-state index in [1.54, 1.807) is 0 Å². The zero-order chi connectivity index (χ0) is 12.6. The molecule has 1 fully saturated rings. The molecule has 0 bridgehead atoms. The third-order valence-corrected chi connectivity index (χ3v) is 3.07. The minimum Gasteiger partial charge on any atom is -0.355 e. The molecule has 1 aliphatic heterocycles. The van der Waals surface area contributed by atoms with Crippen LogP contribution < -0.4 is 5.32 Å². The Labute approximate surface area is 101 Å². The van der Waals surface area contributed by atoms with Crippen molar-refractivity contribution in [1.29, 1.82) is 0 Å². The van der Waals surface area contributed by atoms with Gasteiger partial charge < -0.3 is 5.32 Å². The highest BCUT2D eigenvalue weighted by Crippen LogP contribution is 2.37. The summed E-state index contributed by atoms with van der Waals surface area (Å²) in [5, 5.41) is 2.27. The number of alkyl halides is 3. The molecule has 0 spiro atoms. The monoisotopic (exact) mass is 263 g/mol. The lowest BCUT2D eigenvalue weighted by atomic mass is 9.96. The second kappa shape index (κ2) is 4.22. The van der Waals surface area contributed by atoms with Crippen molar-refractivity contribution >= 4 is 17.5 Å². The topological polar surface area (TPSA) is 29.1 Å². The highest BCUT2D eigenvalue weighted by atomic mass is 35.5. The second-order valence-corrected chi connectivity index (χ2v) is 4.35. The number of rotatable bonds is 1. The molecule has 1 atom stereocenters. The van der Waals surface area contributed by atoms with Gasteiger partial charge in [-0.3, -0.25) is 4.79 Å². The first kappa shape index (κ1) is 12.2. The number of amides is 1. The molecule has 1 aliphatic rings. The molecule has 1 amide bonds. The van der Waals surface area contributed by atoms with Crippen LogP contribution in [0.5, 0.6) is 0 Å². The van der Waals surface area contributed by atoms with E-state index < -0.39 is 11.7 Å². The normalized spacial score (nSPS) is 20.5. The number of hydrogen-bond donors (Lipinski definition) is 1. The highest BCUT2D eigenvalue weighted by molar-refractivity contribution is 6.31. The van der Waals surface area contributed by atoms with Crippen molar-refractivity contribution in [2.75, 3.05) is 6.54 Å². The van der Waals surface area contributed by atoms with Crippen LogP contribution in [0.4, 0.5) is 13.2 Å². The van der Waals surface area contributed by atoms with E-state index in [9.17, 15) is 18.0 Å². The molecule has 0 aliphatic carbocycles. The predicted octanol–water partition coefficient (Wildman–Crippen LogP) is 2.96. The fraction of sp³-hybridized carbons (Fsp3) is 0.364. The summed E-state index contributed by atoms with van der Waals surface area (Å²) in [7, 11) is 0. The molecule has 1 aromatic rings. The molecule has 2 nitrogen and oxygen atoms in total. The van der Waals surface area contributed by atoms with Gasteiger partial charge in [0.15, 0.2) is 0 Å². The number of carbonyl (C=O) groups excluding carboxylic acids is 1. The first-order valence-corrected chi connectivity index (χ1v) is 5.39. The van der Waals surface area contributed by atoms with Gasteiger partial charge in [-0.15, -0.1) is 0 Å². The van der Waals surface area contributed by atoms with Gasteiger partial charge in [0, 0.05) is 18.9 Å². The van der Waals surface area contributed by atoms with Gasteiger partial charge in [0.25, 0.3) is 0 Å². The molecule has 0 radical (unpaired) electrons. The van der Waals surface area contributed by atoms with Crippen LogP contribution in [0.3, 0.4) is 0 Å². The van der Waals surface area contributed by atoms with Gasteiger partial charge >= 0.3 is 6.18 Å². The minimum absolute atomic E-state index is 0.140. The Kier molecular flexibility index (Phi) is 3.03. The van der Waals surface area contributed by atoms with E-state index in [0.29, 0.717) is 12.1 Å². The van der Waals surface area contributed by atoms with E-state index in [0.717, 1.165) is 6.07 Å². The van der Waals surface area contributed by atoms with E-state index in [1.807, 2.05) is 0 Å². The predicted molar refractivity (Wildman–Crippen MR) is 56.8 cm³/mol. The van der Waals surface area contributed by atoms with Crippen molar-refractivity contribution in [1.82, 2.24) is 5.32 Å². The van der Waals surface area contributed by atoms with E-state index in [-0.39, 0.29) is 23.3 Å². The number of nitrogens with one attached hydrogen (secondary N) is 1. The lowest BCUT2D eigenvalue weighted by Crippen LogP contribution is -2.13. The summed E-state index contributed by atoms with van der Waals surface area (Å²) in [5.74, 6) is -0.348. The summed E-state index contributed by atoms with van der Waals surface area (Å²) in [6.45, 7) is 0.373. The Hall–Kier alpha value is -1.23. The van der Waals surface area contributed by atoms with Crippen LogP contribution in [0.1, 0.15) is 23.5 Å². The van der Waals surface area contributed by atoms with Crippen LogP contribution in [0.2, 0.25) is 5.02 Å². The van der Waals surface area contributed by atoms with Gasteiger partial charge in [0.05, 0.1) is 10.6 Å². The van der Waals surface area contributed by atoms with Crippen LogP contribution in [0.25, 0.3) is 0 Å². The molecule has 1 unspecified atom stereocenters. The quantitative estimate of drug-likeness (QED) is 0.829. The largest absolute Gasteiger partial charge is 0.417 e. The summed E-state index contributed by atoms with van der Waals surface area (Å²) < 4.78 is 37.9. The maximum Gasteiger partial charge on any atom is 0.417 e. The summed E-state index contributed by atoms with van der Waals surface area (Å²) in [4.78, 5) is 11.0. The maximum atomic E-state index is 12.6. The molecule has 1 aromatic carbocycles. The van der Waals surface area contributed by atoms with Crippen LogP contribution in [-0.2, 0) is 11.0 Å². The number of benzene rings is 1. The van der Waals surface area contributed by atoms with Gasteiger partial charge in [0.2, 0.25) is 5.91 Å². The zero-order valence-electron chi connectivity index (χ0n) is 8.64. The second-order valence-electron chi connectivity index (χ2n) is 3.94. The number of carbonyl (C=O) groups is 1. The average Bonchev–Trinajstić information content (AvgIpc) is 2.64. The minimum atomic E-state index is -4.47. The molecule has 2 rings (SSSR count). The average molecular weight is 264 g/mol. The van der Waals surface area contributed by atoms with Crippen molar-refractivity contribution in [2.45, 2.75) is 18.5 Å². The van der Waals surface area contributed by atoms with Crippen LogP contribution in [-0.4, -0.2) is 12.5 Å². The van der Waals surface area contributed by atoms with Crippen molar-refractivity contribution < 1.29 is 18.0 Å². The Balaban J connectivity index is 2.34. The molecule has 0 saturated carbocycles. The third-order valence-electron chi connectivity index (χ3n) is 2.74. The molecule has 1 heterocycles. The Morgan fingerprint density at radius 3 is 2.59 bits per heavy atom. The molecule has 17 heavy (non-hydrogen) atoms. The fourth-order valence-electron chi connectivity index (χ4n) is 1.85. The van der Waals surface area contributed by atoms with E-state index in [4.69, 9.17) is 11.6 Å². The molecule has 6 heteroatoms. The fourth-order valence-corrected chi connectivity index (χ4v) is 2.08. The Morgan fingerprint density at radius 2 is 2.06 bits per heavy atom.